The SMILES string of the molecule is CCC1CC(=O)N(CCOc2ccc(Br)cc2)C1. The van der Waals surface area contributed by atoms with Crippen molar-refractivity contribution >= 4 is 21.8 Å². The van der Waals surface area contributed by atoms with Crippen LogP contribution in [-0.4, -0.2) is 30.5 Å². The van der Waals surface area contributed by atoms with Crippen LogP contribution in [0, 0.1) is 5.92 Å². The van der Waals surface area contributed by atoms with Gasteiger partial charge in [-0.25, -0.2) is 0 Å². The summed E-state index contributed by atoms with van der Waals surface area (Å²) in [6, 6.07) is 7.74. The first-order valence-electron chi connectivity index (χ1n) is 6.35. The summed E-state index contributed by atoms with van der Waals surface area (Å²) in [5, 5.41) is 0. The molecule has 0 radical (unpaired) electrons. The fraction of sp³-hybridized carbons (Fsp3) is 0.500. The minimum Gasteiger partial charge on any atom is -0.492 e. The molecular formula is C14H18BrNO2. The Bertz CT molecular complexity index is 405. The zero-order chi connectivity index (χ0) is 13.0. The summed E-state index contributed by atoms with van der Waals surface area (Å²) in [6.07, 6.45) is 1.78. The van der Waals surface area contributed by atoms with Gasteiger partial charge in [-0.1, -0.05) is 29.3 Å². The van der Waals surface area contributed by atoms with Crippen LogP contribution < -0.4 is 4.74 Å². The number of hydrogen-bond acceptors (Lipinski definition) is 2. The molecule has 0 aliphatic carbocycles. The van der Waals surface area contributed by atoms with Crippen molar-refractivity contribution in [1.29, 1.82) is 0 Å². The van der Waals surface area contributed by atoms with Crippen LogP contribution in [0.2, 0.25) is 0 Å². The van der Waals surface area contributed by atoms with Crippen molar-refractivity contribution < 1.29 is 9.53 Å². The van der Waals surface area contributed by atoms with E-state index in [4.69, 9.17) is 4.74 Å². The van der Waals surface area contributed by atoms with Crippen LogP contribution in [0.4, 0.5) is 0 Å². The fourth-order valence-corrected chi connectivity index (χ4v) is 2.41. The number of hydrogen-bond donors (Lipinski definition) is 0. The van der Waals surface area contributed by atoms with Crippen molar-refractivity contribution in [2.45, 2.75) is 19.8 Å². The van der Waals surface area contributed by atoms with Gasteiger partial charge < -0.3 is 9.64 Å². The lowest BCUT2D eigenvalue weighted by molar-refractivity contribution is -0.128. The second-order valence-corrected chi connectivity index (χ2v) is 5.54. The molecule has 1 amide bonds. The molecular weight excluding hydrogens is 294 g/mol. The number of benzene rings is 1. The molecule has 1 saturated heterocycles. The smallest absolute Gasteiger partial charge is 0.223 e. The zero-order valence-corrected chi connectivity index (χ0v) is 12.1. The van der Waals surface area contributed by atoms with Crippen LogP contribution in [-0.2, 0) is 4.79 Å². The average molecular weight is 312 g/mol. The standard InChI is InChI=1S/C14H18BrNO2/c1-2-11-9-14(17)16(10-11)7-8-18-13-5-3-12(15)4-6-13/h3-6,11H,2,7-10H2,1H3. The van der Waals surface area contributed by atoms with E-state index < -0.39 is 0 Å². The van der Waals surface area contributed by atoms with Gasteiger partial charge in [-0.3, -0.25) is 4.79 Å². The average Bonchev–Trinajstić information content (AvgIpc) is 2.73. The third-order valence-electron chi connectivity index (χ3n) is 3.32. The summed E-state index contributed by atoms with van der Waals surface area (Å²) in [7, 11) is 0. The molecule has 3 nitrogen and oxygen atoms in total. The molecule has 0 saturated carbocycles. The molecule has 1 aliphatic heterocycles. The predicted molar refractivity (Wildman–Crippen MR) is 74.6 cm³/mol. The number of carbonyl (C=O) groups is 1. The van der Waals surface area contributed by atoms with E-state index >= 15 is 0 Å². The van der Waals surface area contributed by atoms with E-state index in [1.807, 2.05) is 29.2 Å². The summed E-state index contributed by atoms with van der Waals surface area (Å²) >= 11 is 3.38. The number of ether oxygens (including phenoxy) is 1. The lowest BCUT2D eigenvalue weighted by atomic mass is 10.1. The number of likely N-dealkylation sites (tertiary alicyclic amines) is 1. The molecule has 0 spiro atoms. The van der Waals surface area contributed by atoms with E-state index in [1.54, 1.807) is 0 Å². The Balaban J connectivity index is 1.75. The molecule has 1 unspecified atom stereocenters. The van der Waals surface area contributed by atoms with E-state index in [0.29, 0.717) is 25.5 Å². The largest absolute Gasteiger partial charge is 0.492 e. The van der Waals surface area contributed by atoms with Crippen LogP contribution in [0.3, 0.4) is 0 Å². The van der Waals surface area contributed by atoms with Gasteiger partial charge in [0.15, 0.2) is 0 Å². The second kappa shape index (κ2) is 6.23. The summed E-state index contributed by atoms with van der Waals surface area (Å²) in [5.74, 6) is 1.64. The first-order chi connectivity index (χ1) is 8.69. The van der Waals surface area contributed by atoms with Crippen molar-refractivity contribution in [3.8, 4) is 5.75 Å². The highest BCUT2D eigenvalue weighted by molar-refractivity contribution is 9.10. The maximum atomic E-state index is 11.7. The van der Waals surface area contributed by atoms with Crippen molar-refractivity contribution in [2.75, 3.05) is 19.7 Å². The van der Waals surface area contributed by atoms with Gasteiger partial charge in [-0.05, 0) is 30.2 Å². The van der Waals surface area contributed by atoms with Crippen LogP contribution in [0.1, 0.15) is 19.8 Å². The molecule has 1 fully saturated rings. The molecule has 0 aromatic heterocycles. The summed E-state index contributed by atoms with van der Waals surface area (Å²) in [6.45, 7) is 4.27. The fourth-order valence-electron chi connectivity index (χ4n) is 2.15. The van der Waals surface area contributed by atoms with Gasteiger partial charge in [0.25, 0.3) is 0 Å². The molecule has 2 rings (SSSR count). The van der Waals surface area contributed by atoms with Gasteiger partial charge in [-0.2, -0.15) is 0 Å². The topological polar surface area (TPSA) is 29.5 Å². The molecule has 1 aromatic rings. The first kappa shape index (κ1) is 13.4. The number of carbonyl (C=O) groups excluding carboxylic acids is 1. The Morgan fingerprint density at radius 1 is 1.39 bits per heavy atom. The summed E-state index contributed by atoms with van der Waals surface area (Å²) < 4.78 is 6.66. The Hall–Kier alpha value is -1.03. The number of nitrogens with zero attached hydrogens (tertiary/aromatic N) is 1. The van der Waals surface area contributed by atoms with E-state index in [0.717, 1.165) is 23.2 Å². The molecule has 4 heteroatoms. The number of rotatable bonds is 5. The Morgan fingerprint density at radius 3 is 2.72 bits per heavy atom. The van der Waals surface area contributed by atoms with Crippen LogP contribution in [0.5, 0.6) is 5.75 Å². The molecule has 18 heavy (non-hydrogen) atoms. The maximum Gasteiger partial charge on any atom is 0.223 e. The lowest BCUT2D eigenvalue weighted by Gasteiger charge is -2.16. The summed E-state index contributed by atoms with van der Waals surface area (Å²) in [4.78, 5) is 13.6. The van der Waals surface area contributed by atoms with Crippen molar-refractivity contribution in [3.05, 3.63) is 28.7 Å². The maximum absolute atomic E-state index is 11.7. The normalized spacial score (nSPS) is 19.3. The van der Waals surface area contributed by atoms with E-state index in [2.05, 4.69) is 22.9 Å². The highest BCUT2D eigenvalue weighted by atomic mass is 79.9. The van der Waals surface area contributed by atoms with Crippen LogP contribution in [0.25, 0.3) is 0 Å². The molecule has 1 heterocycles. The van der Waals surface area contributed by atoms with Gasteiger partial charge in [0.05, 0.1) is 6.54 Å². The molecule has 0 bridgehead atoms. The molecule has 1 atom stereocenters. The van der Waals surface area contributed by atoms with Crippen LogP contribution >= 0.6 is 15.9 Å². The van der Waals surface area contributed by atoms with Crippen molar-refractivity contribution in [2.24, 2.45) is 5.92 Å². The Labute approximate surface area is 116 Å². The molecule has 98 valence electrons. The Kier molecular flexibility index (Phi) is 4.64. The highest BCUT2D eigenvalue weighted by Gasteiger charge is 2.27. The lowest BCUT2D eigenvalue weighted by Crippen LogP contribution is -2.29. The molecule has 1 aliphatic rings. The van der Waals surface area contributed by atoms with Crippen molar-refractivity contribution in [1.82, 2.24) is 4.90 Å². The second-order valence-electron chi connectivity index (χ2n) is 4.62. The monoisotopic (exact) mass is 311 g/mol. The first-order valence-corrected chi connectivity index (χ1v) is 7.14. The molecule has 1 aromatic carbocycles. The minimum atomic E-state index is 0.265. The third-order valence-corrected chi connectivity index (χ3v) is 3.84. The van der Waals surface area contributed by atoms with Crippen LogP contribution in [0.15, 0.2) is 28.7 Å². The third kappa shape index (κ3) is 3.48. The van der Waals surface area contributed by atoms with E-state index in [1.165, 1.54) is 0 Å². The van der Waals surface area contributed by atoms with Crippen molar-refractivity contribution in [3.63, 3.8) is 0 Å². The number of halogens is 1. The Morgan fingerprint density at radius 2 is 2.11 bits per heavy atom. The predicted octanol–water partition coefficient (Wildman–Crippen LogP) is 3.09. The summed E-state index contributed by atoms with van der Waals surface area (Å²) in [5.41, 5.74) is 0. The number of amides is 1. The molecule has 0 N–H and O–H groups in total. The highest BCUT2D eigenvalue weighted by Crippen LogP contribution is 2.20. The van der Waals surface area contributed by atoms with Gasteiger partial charge in [0, 0.05) is 17.4 Å². The zero-order valence-electron chi connectivity index (χ0n) is 10.6. The van der Waals surface area contributed by atoms with E-state index in [9.17, 15) is 4.79 Å². The quantitative estimate of drug-likeness (QED) is 0.836. The minimum absolute atomic E-state index is 0.265. The van der Waals surface area contributed by atoms with Gasteiger partial charge in [0.1, 0.15) is 12.4 Å². The van der Waals surface area contributed by atoms with Gasteiger partial charge in [0.2, 0.25) is 5.91 Å². The van der Waals surface area contributed by atoms with Gasteiger partial charge in [-0.15, -0.1) is 0 Å². The van der Waals surface area contributed by atoms with Gasteiger partial charge >= 0.3 is 0 Å². The van der Waals surface area contributed by atoms with E-state index in [-0.39, 0.29) is 5.91 Å².